The Morgan fingerprint density at radius 3 is 2.82 bits per heavy atom. The summed E-state index contributed by atoms with van der Waals surface area (Å²) in [6.45, 7) is 3.77. The van der Waals surface area contributed by atoms with E-state index in [4.69, 9.17) is 14.6 Å². The van der Waals surface area contributed by atoms with Crippen molar-refractivity contribution in [1.29, 1.82) is 0 Å². The maximum atomic E-state index is 10.8. The molecule has 22 heavy (non-hydrogen) atoms. The SMILES string of the molecule is COC(C)c1ccc2[nH]c3cnc(OC(=O)O)c(C)c3c2c1. The highest BCUT2D eigenvalue weighted by atomic mass is 16.7. The molecular formula is C16H16N2O4. The third-order valence-electron chi connectivity index (χ3n) is 3.87. The van der Waals surface area contributed by atoms with Gasteiger partial charge in [0.05, 0.1) is 17.8 Å². The summed E-state index contributed by atoms with van der Waals surface area (Å²) in [6.07, 6.45) is 0.190. The standard InChI is InChI=1S/C16H16N2O4/c1-8-14-11-6-10(9(2)21-3)4-5-12(11)18-13(14)7-17-15(8)22-16(19)20/h4-7,9,18H,1-3H3,(H,19,20). The molecule has 0 amide bonds. The lowest BCUT2D eigenvalue weighted by molar-refractivity contribution is 0.119. The molecule has 3 aromatic rings. The van der Waals surface area contributed by atoms with Crippen LogP contribution in [0.2, 0.25) is 0 Å². The summed E-state index contributed by atoms with van der Waals surface area (Å²) in [5, 5.41) is 10.7. The number of rotatable bonds is 3. The Balaban J connectivity index is 2.27. The van der Waals surface area contributed by atoms with Crippen molar-refractivity contribution in [2.75, 3.05) is 7.11 Å². The van der Waals surface area contributed by atoms with E-state index in [-0.39, 0.29) is 12.0 Å². The third kappa shape index (κ3) is 2.27. The summed E-state index contributed by atoms with van der Waals surface area (Å²) in [4.78, 5) is 18.1. The number of aryl methyl sites for hydroxylation is 1. The van der Waals surface area contributed by atoms with Gasteiger partial charge in [0.1, 0.15) is 0 Å². The fourth-order valence-electron chi connectivity index (χ4n) is 2.63. The molecule has 0 aliphatic rings. The summed E-state index contributed by atoms with van der Waals surface area (Å²) >= 11 is 0. The van der Waals surface area contributed by atoms with Crippen molar-refractivity contribution in [3.05, 3.63) is 35.5 Å². The lowest BCUT2D eigenvalue weighted by Crippen LogP contribution is -2.05. The zero-order valence-corrected chi connectivity index (χ0v) is 12.5. The number of hydrogen-bond donors (Lipinski definition) is 2. The zero-order chi connectivity index (χ0) is 15.9. The van der Waals surface area contributed by atoms with E-state index in [1.807, 2.05) is 25.1 Å². The number of fused-ring (bicyclic) bond motifs is 3. The number of benzene rings is 1. The molecule has 0 saturated carbocycles. The number of aromatic amines is 1. The monoisotopic (exact) mass is 300 g/mol. The van der Waals surface area contributed by atoms with Crippen LogP contribution in [0.1, 0.15) is 24.2 Å². The Bertz CT molecular complexity index is 869. The van der Waals surface area contributed by atoms with Crippen molar-refractivity contribution in [1.82, 2.24) is 9.97 Å². The average Bonchev–Trinajstić information content (AvgIpc) is 2.87. The predicted molar refractivity (Wildman–Crippen MR) is 82.4 cm³/mol. The molecular weight excluding hydrogens is 284 g/mol. The third-order valence-corrected chi connectivity index (χ3v) is 3.87. The molecule has 0 aliphatic carbocycles. The first kappa shape index (κ1) is 14.3. The minimum absolute atomic E-state index is 0.0220. The smallest absolute Gasteiger partial charge is 0.449 e. The molecule has 0 fully saturated rings. The molecule has 3 rings (SSSR count). The van der Waals surface area contributed by atoms with Gasteiger partial charge in [-0.05, 0) is 31.5 Å². The number of carboxylic acid groups (broad SMARTS) is 1. The van der Waals surface area contributed by atoms with Gasteiger partial charge in [0.2, 0.25) is 5.88 Å². The minimum atomic E-state index is -1.37. The van der Waals surface area contributed by atoms with Crippen LogP contribution in [-0.4, -0.2) is 28.3 Å². The van der Waals surface area contributed by atoms with E-state index in [0.717, 1.165) is 27.4 Å². The van der Waals surface area contributed by atoms with E-state index in [0.29, 0.717) is 5.56 Å². The average molecular weight is 300 g/mol. The van der Waals surface area contributed by atoms with Gasteiger partial charge in [0.25, 0.3) is 0 Å². The van der Waals surface area contributed by atoms with Crippen LogP contribution in [0.5, 0.6) is 5.88 Å². The van der Waals surface area contributed by atoms with Gasteiger partial charge in [-0.3, -0.25) is 0 Å². The number of nitrogens with zero attached hydrogens (tertiary/aromatic N) is 1. The van der Waals surface area contributed by atoms with Crippen molar-refractivity contribution in [2.45, 2.75) is 20.0 Å². The number of ether oxygens (including phenoxy) is 2. The first-order valence-corrected chi connectivity index (χ1v) is 6.85. The predicted octanol–water partition coefficient (Wildman–Crippen LogP) is 3.79. The fraction of sp³-hybridized carbons (Fsp3) is 0.250. The number of carbonyl (C=O) groups is 1. The van der Waals surface area contributed by atoms with Crippen LogP contribution in [0.4, 0.5) is 4.79 Å². The lowest BCUT2D eigenvalue weighted by atomic mass is 10.0. The van der Waals surface area contributed by atoms with E-state index < -0.39 is 6.16 Å². The second-order valence-corrected chi connectivity index (χ2v) is 5.15. The lowest BCUT2D eigenvalue weighted by Gasteiger charge is -2.10. The molecule has 2 N–H and O–H groups in total. The van der Waals surface area contributed by atoms with Gasteiger partial charge in [0.15, 0.2) is 0 Å². The highest BCUT2D eigenvalue weighted by Gasteiger charge is 2.15. The van der Waals surface area contributed by atoms with Gasteiger partial charge in [-0.1, -0.05) is 6.07 Å². The summed E-state index contributed by atoms with van der Waals surface area (Å²) in [6, 6.07) is 6.03. The Morgan fingerprint density at radius 2 is 2.14 bits per heavy atom. The number of hydrogen-bond acceptors (Lipinski definition) is 4. The van der Waals surface area contributed by atoms with Crippen molar-refractivity contribution >= 4 is 28.0 Å². The van der Waals surface area contributed by atoms with Crippen LogP contribution in [0, 0.1) is 6.92 Å². The van der Waals surface area contributed by atoms with Gasteiger partial charge in [-0.15, -0.1) is 0 Å². The first-order chi connectivity index (χ1) is 10.5. The molecule has 2 heterocycles. The number of H-pyrrole nitrogens is 1. The molecule has 0 spiro atoms. The molecule has 1 atom stereocenters. The van der Waals surface area contributed by atoms with E-state index in [1.54, 1.807) is 20.2 Å². The molecule has 1 aromatic carbocycles. The molecule has 6 nitrogen and oxygen atoms in total. The molecule has 0 radical (unpaired) electrons. The summed E-state index contributed by atoms with van der Waals surface area (Å²) in [5.41, 5.74) is 3.54. The Hall–Kier alpha value is -2.60. The summed E-state index contributed by atoms with van der Waals surface area (Å²) < 4.78 is 10.1. The molecule has 0 bridgehead atoms. The molecule has 114 valence electrons. The second kappa shape index (κ2) is 5.31. The molecule has 1 unspecified atom stereocenters. The van der Waals surface area contributed by atoms with Crippen molar-refractivity contribution in [3.63, 3.8) is 0 Å². The molecule has 2 aromatic heterocycles. The zero-order valence-electron chi connectivity index (χ0n) is 12.5. The quantitative estimate of drug-likeness (QED) is 0.719. The number of nitrogens with one attached hydrogen (secondary N) is 1. The maximum absolute atomic E-state index is 10.8. The topological polar surface area (TPSA) is 84.4 Å². The van der Waals surface area contributed by atoms with Gasteiger partial charge in [-0.25, -0.2) is 9.78 Å². The number of pyridine rings is 1. The Labute approximate surface area is 126 Å². The highest BCUT2D eigenvalue weighted by molar-refractivity contribution is 6.09. The van der Waals surface area contributed by atoms with E-state index in [1.165, 1.54) is 0 Å². The number of methoxy groups -OCH3 is 1. The first-order valence-electron chi connectivity index (χ1n) is 6.85. The van der Waals surface area contributed by atoms with Gasteiger partial charge in [0, 0.05) is 29.0 Å². The van der Waals surface area contributed by atoms with E-state index >= 15 is 0 Å². The van der Waals surface area contributed by atoms with Gasteiger partial charge >= 0.3 is 6.16 Å². The van der Waals surface area contributed by atoms with Crippen LogP contribution in [0.3, 0.4) is 0 Å². The minimum Gasteiger partial charge on any atom is -0.449 e. The largest absolute Gasteiger partial charge is 0.512 e. The van der Waals surface area contributed by atoms with Crippen molar-refractivity contribution in [2.24, 2.45) is 0 Å². The van der Waals surface area contributed by atoms with E-state index in [2.05, 4.69) is 9.97 Å². The number of aromatic nitrogens is 2. The van der Waals surface area contributed by atoms with Crippen LogP contribution in [0.25, 0.3) is 21.8 Å². The maximum Gasteiger partial charge on any atom is 0.512 e. The molecule has 0 aliphatic heterocycles. The van der Waals surface area contributed by atoms with Gasteiger partial charge < -0.3 is 19.6 Å². The van der Waals surface area contributed by atoms with Crippen LogP contribution >= 0.6 is 0 Å². The molecule has 0 saturated heterocycles. The Kier molecular flexibility index (Phi) is 3.46. The summed E-state index contributed by atoms with van der Waals surface area (Å²) in [7, 11) is 1.66. The van der Waals surface area contributed by atoms with Crippen molar-refractivity contribution < 1.29 is 19.4 Å². The van der Waals surface area contributed by atoms with Crippen LogP contribution < -0.4 is 4.74 Å². The van der Waals surface area contributed by atoms with Crippen LogP contribution in [-0.2, 0) is 4.74 Å². The molecule has 6 heteroatoms. The fourth-order valence-corrected chi connectivity index (χ4v) is 2.63. The summed E-state index contributed by atoms with van der Waals surface area (Å²) in [5.74, 6) is 0.103. The highest BCUT2D eigenvalue weighted by Crippen LogP contribution is 2.33. The van der Waals surface area contributed by atoms with Crippen LogP contribution in [0.15, 0.2) is 24.4 Å². The normalized spacial score (nSPS) is 12.7. The Morgan fingerprint density at radius 1 is 1.36 bits per heavy atom. The van der Waals surface area contributed by atoms with Crippen molar-refractivity contribution in [3.8, 4) is 5.88 Å². The van der Waals surface area contributed by atoms with E-state index in [9.17, 15) is 4.79 Å². The second-order valence-electron chi connectivity index (χ2n) is 5.15. The van der Waals surface area contributed by atoms with Gasteiger partial charge in [-0.2, -0.15) is 0 Å².